The van der Waals surface area contributed by atoms with Gasteiger partial charge >= 0.3 is 5.97 Å². The minimum absolute atomic E-state index is 0.362. The van der Waals surface area contributed by atoms with Gasteiger partial charge in [-0.2, -0.15) is 0 Å². The molecule has 1 unspecified atom stereocenters. The monoisotopic (exact) mass is 298 g/mol. The fourth-order valence-corrected chi connectivity index (χ4v) is 2.11. The van der Waals surface area contributed by atoms with E-state index >= 15 is 0 Å². The number of carbonyl (C=O) groups excluding carboxylic acids is 2. The molecule has 0 bridgehead atoms. The first kappa shape index (κ1) is 15.6. The van der Waals surface area contributed by atoms with Crippen molar-refractivity contribution < 1.29 is 14.3 Å². The van der Waals surface area contributed by atoms with Gasteiger partial charge < -0.3 is 15.8 Å². The molecule has 0 saturated carbocycles. The van der Waals surface area contributed by atoms with Crippen LogP contribution in [-0.2, 0) is 16.0 Å². The molecule has 0 heterocycles. The summed E-state index contributed by atoms with van der Waals surface area (Å²) in [5.41, 5.74) is 7.50. The zero-order chi connectivity index (χ0) is 15.9. The van der Waals surface area contributed by atoms with Crippen LogP contribution in [0.3, 0.4) is 0 Å². The fraction of sp³-hybridized carbons (Fsp3) is 0.176. The van der Waals surface area contributed by atoms with Gasteiger partial charge in [0.05, 0.1) is 7.11 Å². The average Bonchev–Trinajstić information content (AvgIpc) is 2.54. The first-order chi connectivity index (χ1) is 10.6. The molecule has 0 radical (unpaired) electrons. The zero-order valence-corrected chi connectivity index (χ0v) is 12.3. The molecule has 0 aliphatic rings. The van der Waals surface area contributed by atoms with Gasteiger partial charge in [0.25, 0.3) is 5.91 Å². The minimum Gasteiger partial charge on any atom is -0.467 e. The number of nitrogens with two attached hydrogens (primary N) is 1. The second-order valence-corrected chi connectivity index (χ2v) is 4.86. The Morgan fingerprint density at radius 3 is 2.50 bits per heavy atom. The number of hydrogen-bond acceptors (Lipinski definition) is 4. The standard InChI is InChI=1S/C17H18N2O3/c1-22-17(21)15(10-12-6-3-2-4-7-12)19-16(20)13-8-5-9-14(18)11-13/h2-9,11,15H,10,18H2,1H3,(H,19,20). The van der Waals surface area contributed by atoms with Gasteiger partial charge in [-0.3, -0.25) is 4.79 Å². The number of ether oxygens (including phenoxy) is 1. The summed E-state index contributed by atoms with van der Waals surface area (Å²) in [6.45, 7) is 0. The third-order valence-electron chi connectivity index (χ3n) is 3.22. The summed E-state index contributed by atoms with van der Waals surface area (Å²) >= 11 is 0. The number of nitrogens with one attached hydrogen (secondary N) is 1. The third-order valence-corrected chi connectivity index (χ3v) is 3.22. The zero-order valence-electron chi connectivity index (χ0n) is 12.3. The molecule has 5 nitrogen and oxygen atoms in total. The normalized spacial score (nSPS) is 11.5. The van der Waals surface area contributed by atoms with Crippen LogP contribution in [0.5, 0.6) is 0 Å². The highest BCUT2D eigenvalue weighted by Gasteiger charge is 2.22. The van der Waals surface area contributed by atoms with E-state index in [9.17, 15) is 9.59 Å². The van der Waals surface area contributed by atoms with Gasteiger partial charge in [0, 0.05) is 17.7 Å². The highest BCUT2D eigenvalue weighted by molar-refractivity contribution is 5.97. The highest BCUT2D eigenvalue weighted by Crippen LogP contribution is 2.09. The number of amides is 1. The predicted molar refractivity (Wildman–Crippen MR) is 84.3 cm³/mol. The summed E-state index contributed by atoms with van der Waals surface area (Å²) in [5.74, 6) is -0.847. The third kappa shape index (κ3) is 4.09. The van der Waals surface area contributed by atoms with E-state index in [1.807, 2.05) is 30.3 Å². The number of esters is 1. The molecule has 0 fully saturated rings. The van der Waals surface area contributed by atoms with Gasteiger partial charge in [-0.1, -0.05) is 36.4 Å². The number of nitrogen functional groups attached to an aromatic ring is 1. The van der Waals surface area contributed by atoms with Crippen LogP contribution in [0.4, 0.5) is 5.69 Å². The number of hydrogen-bond donors (Lipinski definition) is 2. The second-order valence-electron chi connectivity index (χ2n) is 4.86. The lowest BCUT2D eigenvalue weighted by Gasteiger charge is -2.16. The van der Waals surface area contributed by atoms with E-state index in [4.69, 9.17) is 10.5 Å². The molecule has 0 spiro atoms. The summed E-state index contributed by atoms with van der Waals surface area (Å²) in [6.07, 6.45) is 0.363. The SMILES string of the molecule is COC(=O)C(Cc1ccccc1)NC(=O)c1cccc(N)c1. The van der Waals surface area contributed by atoms with Crippen molar-refractivity contribution in [3.05, 3.63) is 65.7 Å². The van der Waals surface area contributed by atoms with E-state index in [2.05, 4.69) is 5.32 Å². The quantitative estimate of drug-likeness (QED) is 0.651. The minimum atomic E-state index is -0.749. The Labute approximate surface area is 129 Å². The van der Waals surface area contributed by atoms with Crippen LogP contribution in [0.25, 0.3) is 0 Å². The molecule has 114 valence electrons. The molecule has 0 aliphatic carbocycles. The summed E-state index contributed by atoms with van der Waals surface area (Å²) in [5, 5.41) is 2.69. The van der Waals surface area contributed by atoms with Crippen LogP contribution in [0.15, 0.2) is 54.6 Å². The number of anilines is 1. The predicted octanol–water partition coefficient (Wildman–Crippen LogP) is 1.78. The Morgan fingerprint density at radius 1 is 1.14 bits per heavy atom. The molecule has 3 N–H and O–H groups in total. The lowest BCUT2D eigenvalue weighted by molar-refractivity contribution is -0.142. The highest BCUT2D eigenvalue weighted by atomic mass is 16.5. The molecule has 5 heteroatoms. The maximum Gasteiger partial charge on any atom is 0.328 e. The lowest BCUT2D eigenvalue weighted by atomic mass is 10.1. The van der Waals surface area contributed by atoms with E-state index in [0.29, 0.717) is 17.7 Å². The molecule has 0 aliphatic heterocycles. The summed E-state index contributed by atoms with van der Waals surface area (Å²) in [7, 11) is 1.30. The van der Waals surface area contributed by atoms with Crippen LogP contribution in [-0.4, -0.2) is 25.0 Å². The molecule has 2 aromatic carbocycles. The number of benzene rings is 2. The fourth-order valence-electron chi connectivity index (χ4n) is 2.11. The van der Waals surface area contributed by atoms with Gasteiger partial charge in [0.1, 0.15) is 6.04 Å². The molecular formula is C17H18N2O3. The van der Waals surface area contributed by atoms with Crippen molar-refractivity contribution in [1.29, 1.82) is 0 Å². The largest absolute Gasteiger partial charge is 0.467 e. The van der Waals surface area contributed by atoms with Crippen molar-refractivity contribution in [1.82, 2.24) is 5.32 Å². The summed E-state index contributed by atoms with van der Waals surface area (Å²) in [4.78, 5) is 24.1. The first-order valence-electron chi connectivity index (χ1n) is 6.88. The molecule has 0 aromatic heterocycles. The molecule has 2 aromatic rings. The maximum absolute atomic E-state index is 12.2. The number of rotatable bonds is 5. The van der Waals surface area contributed by atoms with Gasteiger partial charge in [-0.25, -0.2) is 4.79 Å². The van der Waals surface area contributed by atoms with E-state index < -0.39 is 12.0 Å². The average molecular weight is 298 g/mol. The Kier molecular flexibility index (Phi) is 5.14. The molecule has 1 amide bonds. The van der Waals surface area contributed by atoms with Crippen LogP contribution in [0, 0.1) is 0 Å². The lowest BCUT2D eigenvalue weighted by Crippen LogP contribution is -2.43. The van der Waals surface area contributed by atoms with Gasteiger partial charge in [0.15, 0.2) is 0 Å². The topological polar surface area (TPSA) is 81.4 Å². The summed E-state index contributed by atoms with van der Waals surface area (Å²) in [6, 6.07) is 15.3. The Balaban J connectivity index is 2.13. The second kappa shape index (κ2) is 7.26. The molecule has 22 heavy (non-hydrogen) atoms. The Morgan fingerprint density at radius 2 is 1.86 bits per heavy atom. The number of methoxy groups -OCH3 is 1. The van der Waals surface area contributed by atoms with Crippen molar-refractivity contribution in [3.63, 3.8) is 0 Å². The Bertz CT molecular complexity index is 656. The van der Waals surface area contributed by atoms with Crippen molar-refractivity contribution in [2.24, 2.45) is 0 Å². The van der Waals surface area contributed by atoms with E-state index in [1.54, 1.807) is 24.3 Å². The first-order valence-corrected chi connectivity index (χ1v) is 6.88. The van der Waals surface area contributed by atoms with E-state index in [0.717, 1.165) is 5.56 Å². The van der Waals surface area contributed by atoms with E-state index in [1.165, 1.54) is 7.11 Å². The molecular weight excluding hydrogens is 280 g/mol. The van der Waals surface area contributed by atoms with Crippen molar-refractivity contribution in [2.45, 2.75) is 12.5 Å². The summed E-state index contributed by atoms with van der Waals surface area (Å²) < 4.78 is 4.77. The van der Waals surface area contributed by atoms with Crippen molar-refractivity contribution in [2.75, 3.05) is 12.8 Å². The molecule has 2 rings (SSSR count). The van der Waals surface area contributed by atoms with Crippen LogP contribution in [0.1, 0.15) is 15.9 Å². The van der Waals surface area contributed by atoms with E-state index in [-0.39, 0.29) is 5.91 Å². The maximum atomic E-state index is 12.2. The molecule has 1 atom stereocenters. The number of carbonyl (C=O) groups is 2. The van der Waals surface area contributed by atoms with Crippen molar-refractivity contribution in [3.8, 4) is 0 Å². The van der Waals surface area contributed by atoms with Crippen LogP contribution >= 0.6 is 0 Å². The van der Waals surface area contributed by atoms with Crippen molar-refractivity contribution >= 4 is 17.6 Å². The van der Waals surface area contributed by atoms with Gasteiger partial charge in [0.2, 0.25) is 0 Å². The Hall–Kier alpha value is -2.82. The molecule has 0 saturated heterocycles. The smallest absolute Gasteiger partial charge is 0.328 e. The van der Waals surface area contributed by atoms with Crippen LogP contribution < -0.4 is 11.1 Å². The van der Waals surface area contributed by atoms with Gasteiger partial charge in [-0.05, 0) is 23.8 Å². The van der Waals surface area contributed by atoms with Gasteiger partial charge in [-0.15, -0.1) is 0 Å². The van der Waals surface area contributed by atoms with Crippen LogP contribution in [0.2, 0.25) is 0 Å².